The molecule has 2 aromatic rings. The Kier molecular flexibility index (Phi) is 4.80. The minimum Gasteiger partial charge on any atom is -0.462 e. The average molecular weight is 353 g/mol. The van der Waals surface area contributed by atoms with Crippen LogP contribution in [0.4, 0.5) is 21.5 Å². The lowest BCUT2D eigenvalue weighted by molar-refractivity contribution is 0.0521. The van der Waals surface area contributed by atoms with E-state index in [1.54, 1.807) is 25.1 Å². The van der Waals surface area contributed by atoms with Crippen LogP contribution in [0, 0.1) is 5.82 Å². The first-order valence-corrected chi connectivity index (χ1v) is 7.09. The van der Waals surface area contributed by atoms with E-state index in [0.717, 1.165) is 4.47 Å². The van der Waals surface area contributed by atoms with Crippen LogP contribution in [0.3, 0.4) is 0 Å². The zero-order valence-corrected chi connectivity index (χ0v) is 12.9. The van der Waals surface area contributed by atoms with Crippen LogP contribution in [-0.4, -0.2) is 12.6 Å². The number of esters is 1. The van der Waals surface area contributed by atoms with E-state index in [9.17, 15) is 9.18 Å². The van der Waals surface area contributed by atoms with Gasteiger partial charge in [-0.1, -0.05) is 15.9 Å². The van der Waals surface area contributed by atoms with Gasteiger partial charge in [-0.2, -0.15) is 0 Å². The fourth-order valence-corrected chi connectivity index (χ4v) is 2.12. The maximum atomic E-state index is 13.9. The smallest absolute Gasteiger partial charge is 0.341 e. The van der Waals surface area contributed by atoms with Crippen molar-refractivity contribution >= 4 is 39.0 Å². The van der Waals surface area contributed by atoms with Gasteiger partial charge < -0.3 is 15.8 Å². The zero-order chi connectivity index (χ0) is 15.4. The number of halogens is 2. The SMILES string of the molecule is CCOC(=O)c1ccc(Nc2cc(Br)ccc2N)cc1F. The second-order valence-electron chi connectivity index (χ2n) is 4.27. The third kappa shape index (κ3) is 3.72. The number of anilines is 3. The Balaban J connectivity index is 2.24. The molecule has 21 heavy (non-hydrogen) atoms. The minimum atomic E-state index is -0.677. The third-order valence-corrected chi connectivity index (χ3v) is 3.25. The van der Waals surface area contributed by atoms with Crippen molar-refractivity contribution in [2.24, 2.45) is 0 Å². The van der Waals surface area contributed by atoms with E-state index in [1.807, 2.05) is 6.07 Å². The number of nitrogen functional groups attached to an aromatic ring is 1. The van der Waals surface area contributed by atoms with Gasteiger partial charge in [0.25, 0.3) is 0 Å². The number of hydrogen-bond acceptors (Lipinski definition) is 4. The first-order chi connectivity index (χ1) is 10.0. The maximum absolute atomic E-state index is 13.9. The van der Waals surface area contributed by atoms with E-state index in [0.29, 0.717) is 17.1 Å². The van der Waals surface area contributed by atoms with Crippen LogP contribution in [-0.2, 0) is 4.74 Å². The van der Waals surface area contributed by atoms with Crippen LogP contribution in [0.15, 0.2) is 40.9 Å². The number of nitrogens with one attached hydrogen (secondary N) is 1. The van der Waals surface area contributed by atoms with Gasteiger partial charge >= 0.3 is 5.97 Å². The Bertz CT molecular complexity index is 677. The number of carbonyl (C=O) groups is 1. The maximum Gasteiger partial charge on any atom is 0.341 e. The highest BCUT2D eigenvalue weighted by Crippen LogP contribution is 2.27. The molecule has 0 aliphatic carbocycles. The lowest BCUT2D eigenvalue weighted by Crippen LogP contribution is -2.07. The summed E-state index contributed by atoms with van der Waals surface area (Å²) in [6.07, 6.45) is 0. The molecular formula is C15H14BrFN2O2. The molecule has 4 nitrogen and oxygen atoms in total. The fraction of sp³-hybridized carbons (Fsp3) is 0.133. The van der Waals surface area contributed by atoms with E-state index in [2.05, 4.69) is 21.2 Å². The molecule has 0 aliphatic rings. The highest BCUT2D eigenvalue weighted by molar-refractivity contribution is 9.10. The summed E-state index contributed by atoms with van der Waals surface area (Å²) in [5.41, 5.74) is 7.42. The van der Waals surface area contributed by atoms with Gasteiger partial charge in [0, 0.05) is 10.2 Å². The molecule has 0 aromatic heterocycles. The van der Waals surface area contributed by atoms with Crippen molar-refractivity contribution in [2.45, 2.75) is 6.92 Å². The summed E-state index contributed by atoms with van der Waals surface area (Å²) in [5.74, 6) is -1.32. The van der Waals surface area contributed by atoms with Crippen LogP contribution < -0.4 is 11.1 Å². The number of nitrogens with two attached hydrogens (primary N) is 1. The molecule has 0 unspecified atom stereocenters. The molecule has 0 amide bonds. The van der Waals surface area contributed by atoms with E-state index in [4.69, 9.17) is 10.5 Å². The first-order valence-electron chi connectivity index (χ1n) is 6.30. The molecule has 0 spiro atoms. The van der Waals surface area contributed by atoms with E-state index in [-0.39, 0.29) is 12.2 Å². The van der Waals surface area contributed by atoms with Gasteiger partial charge in [-0.25, -0.2) is 9.18 Å². The molecule has 0 fully saturated rings. The van der Waals surface area contributed by atoms with Gasteiger partial charge in [-0.05, 0) is 43.3 Å². The second-order valence-corrected chi connectivity index (χ2v) is 5.19. The van der Waals surface area contributed by atoms with Crippen LogP contribution in [0.1, 0.15) is 17.3 Å². The Morgan fingerprint density at radius 2 is 2.10 bits per heavy atom. The highest BCUT2D eigenvalue weighted by atomic mass is 79.9. The van der Waals surface area contributed by atoms with Gasteiger partial charge in [-0.15, -0.1) is 0 Å². The molecule has 0 radical (unpaired) electrons. The van der Waals surface area contributed by atoms with Gasteiger partial charge in [0.05, 0.1) is 23.5 Å². The van der Waals surface area contributed by atoms with Crippen molar-refractivity contribution in [3.8, 4) is 0 Å². The van der Waals surface area contributed by atoms with Crippen LogP contribution in [0.5, 0.6) is 0 Å². The molecule has 0 bridgehead atoms. The van der Waals surface area contributed by atoms with E-state index >= 15 is 0 Å². The van der Waals surface area contributed by atoms with Gasteiger partial charge in [0.1, 0.15) is 5.82 Å². The number of ether oxygens (including phenoxy) is 1. The average Bonchev–Trinajstić information content (AvgIpc) is 2.43. The Morgan fingerprint density at radius 3 is 2.76 bits per heavy atom. The summed E-state index contributed by atoms with van der Waals surface area (Å²) in [7, 11) is 0. The fourth-order valence-electron chi connectivity index (χ4n) is 1.76. The molecule has 0 heterocycles. The molecule has 2 aromatic carbocycles. The monoisotopic (exact) mass is 352 g/mol. The summed E-state index contributed by atoms with van der Waals surface area (Å²) in [6.45, 7) is 1.87. The zero-order valence-electron chi connectivity index (χ0n) is 11.3. The van der Waals surface area contributed by atoms with Crippen molar-refractivity contribution in [3.63, 3.8) is 0 Å². The Hall–Kier alpha value is -2.08. The molecular weight excluding hydrogens is 339 g/mol. The van der Waals surface area contributed by atoms with Crippen LogP contribution >= 0.6 is 15.9 Å². The summed E-state index contributed by atoms with van der Waals surface area (Å²) in [5, 5.41) is 3.00. The third-order valence-electron chi connectivity index (χ3n) is 2.76. The number of hydrogen-bond donors (Lipinski definition) is 2. The normalized spacial score (nSPS) is 10.2. The summed E-state index contributed by atoms with van der Waals surface area (Å²) in [6, 6.07) is 9.53. The lowest BCUT2D eigenvalue weighted by atomic mass is 10.2. The van der Waals surface area contributed by atoms with Crippen molar-refractivity contribution in [1.29, 1.82) is 0 Å². The molecule has 110 valence electrons. The number of rotatable bonds is 4. The predicted octanol–water partition coefficient (Wildman–Crippen LogP) is 4.09. The van der Waals surface area contributed by atoms with Crippen molar-refractivity contribution < 1.29 is 13.9 Å². The van der Waals surface area contributed by atoms with Crippen molar-refractivity contribution in [2.75, 3.05) is 17.7 Å². The molecule has 0 aliphatic heterocycles. The van der Waals surface area contributed by atoms with Gasteiger partial charge in [0.15, 0.2) is 0 Å². The standard InChI is InChI=1S/C15H14BrFN2O2/c1-2-21-15(20)11-5-4-10(8-12(11)17)19-14-7-9(16)3-6-13(14)18/h3-8,19H,2,18H2,1H3. The quantitative estimate of drug-likeness (QED) is 0.642. The molecule has 3 N–H and O–H groups in total. The van der Waals surface area contributed by atoms with Crippen molar-refractivity contribution in [3.05, 3.63) is 52.3 Å². The van der Waals surface area contributed by atoms with Crippen LogP contribution in [0.25, 0.3) is 0 Å². The molecule has 0 saturated carbocycles. The first kappa shape index (κ1) is 15.3. The lowest BCUT2D eigenvalue weighted by Gasteiger charge is -2.11. The summed E-state index contributed by atoms with van der Waals surface area (Å²) in [4.78, 5) is 11.5. The van der Waals surface area contributed by atoms with E-state index in [1.165, 1.54) is 12.1 Å². The van der Waals surface area contributed by atoms with Gasteiger partial charge in [0.2, 0.25) is 0 Å². The van der Waals surface area contributed by atoms with Gasteiger partial charge in [-0.3, -0.25) is 0 Å². The number of carbonyl (C=O) groups excluding carboxylic acids is 1. The molecule has 2 rings (SSSR count). The highest BCUT2D eigenvalue weighted by Gasteiger charge is 2.13. The van der Waals surface area contributed by atoms with Crippen LogP contribution in [0.2, 0.25) is 0 Å². The Morgan fingerprint density at radius 1 is 1.33 bits per heavy atom. The Labute approximate surface area is 130 Å². The van der Waals surface area contributed by atoms with E-state index < -0.39 is 11.8 Å². The van der Waals surface area contributed by atoms with Crippen molar-refractivity contribution in [1.82, 2.24) is 0 Å². The predicted molar refractivity (Wildman–Crippen MR) is 84.2 cm³/mol. The molecule has 0 saturated heterocycles. The minimum absolute atomic E-state index is 0.0929. The largest absolute Gasteiger partial charge is 0.462 e. The summed E-state index contributed by atoms with van der Waals surface area (Å²) >= 11 is 3.34. The summed E-state index contributed by atoms with van der Waals surface area (Å²) < 4.78 is 19.6. The molecule has 0 atom stereocenters. The second kappa shape index (κ2) is 6.58. The number of benzene rings is 2. The molecule has 6 heteroatoms. The topological polar surface area (TPSA) is 64.3 Å².